The predicted octanol–water partition coefficient (Wildman–Crippen LogP) is 0.434. The summed E-state index contributed by atoms with van der Waals surface area (Å²) in [6.07, 6.45) is 4.10. The van der Waals surface area contributed by atoms with E-state index in [0.29, 0.717) is 6.29 Å². The van der Waals surface area contributed by atoms with Gasteiger partial charge in [-0.3, -0.25) is 4.79 Å². The van der Waals surface area contributed by atoms with Crippen LogP contribution in [-0.2, 0) is 9.59 Å². The number of hydrogen-bond acceptors (Lipinski definition) is 3. The van der Waals surface area contributed by atoms with Gasteiger partial charge in [-0.15, -0.1) is 0 Å². The van der Waals surface area contributed by atoms with Crippen molar-refractivity contribution in [1.82, 2.24) is 0 Å². The number of hydrogen-bond donors (Lipinski definition) is 2. The van der Waals surface area contributed by atoms with Crippen molar-refractivity contribution in [3.8, 4) is 0 Å². The van der Waals surface area contributed by atoms with Gasteiger partial charge in [-0.05, 0) is 12.2 Å². The number of halogens is 1. The average molecular weight is 226 g/mol. The fourth-order valence-electron chi connectivity index (χ4n) is 1.99. The Morgan fingerprint density at radius 2 is 2.19 bits per heavy atom. The normalized spacial score (nSPS) is 29.8. The minimum atomic E-state index is -1.38. The van der Waals surface area contributed by atoms with Crippen molar-refractivity contribution in [2.45, 2.75) is 19.9 Å². The molecule has 0 radical (unpaired) electrons. The Labute approximate surface area is 93.2 Å². The van der Waals surface area contributed by atoms with Crippen molar-refractivity contribution in [2.75, 3.05) is 0 Å². The third-order valence-electron chi connectivity index (χ3n) is 3.14. The first-order valence-corrected chi connectivity index (χ1v) is 4.86. The number of carbonyl (C=O) groups is 2. The molecule has 16 heavy (non-hydrogen) atoms. The first-order valence-electron chi connectivity index (χ1n) is 4.86. The Morgan fingerprint density at radius 1 is 1.62 bits per heavy atom. The number of carbonyl (C=O) groups excluding carboxylic acids is 2. The van der Waals surface area contributed by atoms with Gasteiger partial charge in [0.2, 0.25) is 5.91 Å². The van der Waals surface area contributed by atoms with E-state index in [9.17, 15) is 14.0 Å². The van der Waals surface area contributed by atoms with Gasteiger partial charge < -0.3 is 16.3 Å². The Kier molecular flexibility index (Phi) is 3.01. The van der Waals surface area contributed by atoms with Crippen LogP contribution < -0.4 is 11.5 Å². The molecule has 0 saturated heterocycles. The molecule has 0 aromatic heterocycles. The second-order valence-corrected chi connectivity index (χ2v) is 4.48. The SMILES string of the molecule is CC(C)(C=O)C1(C(N)=O)C=CC(F)=CC1N. The van der Waals surface area contributed by atoms with Gasteiger partial charge in [0.15, 0.2) is 0 Å². The number of primary amides is 1. The number of nitrogens with two attached hydrogens (primary N) is 2. The monoisotopic (exact) mass is 226 g/mol. The van der Waals surface area contributed by atoms with E-state index in [1.165, 1.54) is 6.08 Å². The van der Waals surface area contributed by atoms with Crippen LogP contribution in [0.1, 0.15) is 13.8 Å². The molecule has 0 bridgehead atoms. The lowest BCUT2D eigenvalue weighted by Gasteiger charge is -2.43. The van der Waals surface area contributed by atoms with Crippen molar-refractivity contribution < 1.29 is 14.0 Å². The molecule has 0 aromatic rings. The molecule has 1 amide bonds. The van der Waals surface area contributed by atoms with Gasteiger partial charge in [0.25, 0.3) is 0 Å². The van der Waals surface area contributed by atoms with E-state index in [4.69, 9.17) is 11.5 Å². The van der Waals surface area contributed by atoms with Gasteiger partial charge in [-0.1, -0.05) is 19.9 Å². The standard InChI is InChI=1S/C11H15FN2O2/c1-10(2,6-15)11(9(14)16)4-3-7(12)5-8(11)13/h3-6,8H,13H2,1-2H3,(H2,14,16). The highest BCUT2D eigenvalue weighted by molar-refractivity contribution is 5.89. The predicted molar refractivity (Wildman–Crippen MR) is 57.8 cm³/mol. The summed E-state index contributed by atoms with van der Waals surface area (Å²) in [6, 6.07) is -0.949. The quantitative estimate of drug-likeness (QED) is 0.684. The molecule has 2 unspecified atom stereocenters. The maximum atomic E-state index is 13.0. The second kappa shape index (κ2) is 3.83. The van der Waals surface area contributed by atoms with Crippen LogP contribution in [0.5, 0.6) is 0 Å². The fourth-order valence-corrected chi connectivity index (χ4v) is 1.99. The van der Waals surface area contributed by atoms with E-state index in [1.54, 1.807) is 13.8 Å². The summed E-state index contributed by atoms with van der Waals surface area (Å²) in [6.45, 7) is 3.10. The summed E-state index contributed by atoms with van der Waals surface area (Å²) in [5.41, 5.74) is 8.58. The first kappa shape index (κ1) is 12.6. The Balaban J connectivity index is 3.36. The highest BCUT2D eigenvalue weighted by Crippen LogP contribution is 2.44. The zero-order valence-corrected chi connectivity index (χ0v) is 9.24. The zero-order valence-electron chi connectivity index (χ0n) is 9.24. The summed E-state index contributed by atoms with van der Waals surface area (Å²) in [7, 11) is 0. The molecule has 4 nitrogen and oxygen atoms in total. The van der Waals surface area contributed by atoms with Gasteiger partial charge in [-0.2, -0.15) is 0 Å². The number of allylic oxidation sites excluding steroid dienone is 2. The number of rotatable bonds is 3. The molecule has 0 saturated carbocycles. The van der Waals surface area contributed by atoms with Crippen molar-refractivity contribution in [3.05, 3.63) is 24.1 Å². The van der Waals surface area contributed by atoms with Crippen LogP contribution in [0.3, 0.4) is 0 Å². The molecule has 5 heteroatoms. The van der Waals surface area contributed by atoms with Crippen molar-refractivity contribution in [1.29, 1.82) is 0 Å². The highest BCUT2D eigenvalue weighted by atomic mass is 19.1. The largest absolute Gasteiger partial charge is 0.369 e. The maximum absolute atomic E-state index is 13.0. The maximum Gasteiger partial charge on any atom is 0.230 e. The minimum Gasteiger partial charge on any atom is -0.369 e. The molecule has 4 N–H and O–H groups in total. The molecule has 0 aromatic carbocycles. The first-order chi connectivity index (χ1) is 7.28. The molecule has 0 spiro atoms. The van der Waals surface area contributed by atoms with Crippen molar-refractivity contribution in [3.63, 3.8) is 0 Å². The fraction of sp³-hybridized carbons (Fsp3) is 0.455. The lowest BCUT2D eigenvalue weighted by atomic mass is 9.60. The smallest absolute Gasteiger partial charge is 0.230 e. The van der Waals surface area contributed by atoms with E-state index in [2.05, 4.69) is 0 Å². The Hall–Kier alpha value is -1.49. The van der Waals surface area contributed by atoms with Crippen molar-refractivity contribution >= 4 is 12.2 Å². The van der Waals surface area contributed by atoms with Gasteiger partial charge in [0, 0.05) is 11.5 Å². The van der Waals surface area contributed by atoms with E-state index in [0.717, 1.165) is 12.2 Å². The number of aldehydes is 1. The molecule has 0 fully saturated rings. The van der Waals surface area contributed by atoms with E-state index in [1.807, 2.05) is 0 Å². The molecular weight excluding hydrogens is 211 g/mol. The van der Waals surface area contributed by atoms with Gasteiger partial charge in [0.05, 0.1) is 5.41 Å². The van der Waals surface area contributed by atoms with Crippen LogP contribution in [0, 0.1) is 10.8 Å². The molecule has 0 heterocycles. The highest BCUT2D eigenvalue weighted by Gasteiger charge is 2.53. The van der Waals surface area contributed by atoms with Crippen LogP contribution >= 0.6 is 0 Å². The summed E-state index contributed by atoms with van der Waals surface area (Å²) in [5.74, 6) is -1.27. The van der Waals surface area contributed by atoms with E-state index in [-0.39, 0.29) is 0 Å². The zero-order chi connectivity index (χ0) is 12.6. The third-order valence-corrected chi connectivity index (χ3v) is 3.14. The Morgan fingerprint density at radius 3 is 2.56 bits per heavy atom. The summed E-state index contributed by atoms with van der Waals surface area (Å²) >= 11 is 0. The topological polar surface area (TPSA) is 86.2 Å². The molecule has 1 aliphatic carbocycles. The number of amides is 1. The van der Waals surface area contributed by atoms with Crippen LogP contribution in [-0.4, -0.2) is 18.2 Å². The average Bonchev–Trinajstić information content (AvgIpc) is 2.17. The summed E-state index contributed by atoms with van der Waals surface area (Å²) in [5, 5.41) is 0. The molecular formula is C11H15FN2O2. The van der Waals surface area contributed by atoms with E-state index >= 15 is 0 Å². The minimum absolute atomic E-state index is 0.536. The summed E-state index contributed by atoms with van der Waals surface area (Å²) < 4.78 is 13.0. The molecule has 1 rings (SSSR count). The molecule has 2 atom stereocenters. The lowest BCUT2D eigenvalue weighted by molar-refractivity contribution is -0.137. The van der Waals surface area contributed by atoms with Crippen molar-refractivity contribution in [2.24, 2.45) is 22.3 Å². The lowest BCUT2D eigenvalue weighted by Crippen LogP contribution is -2.58. The van der Waals surface area contributed by atoms with Gasteiger partial charge in [-0.25, -0.2) is 4.39 Å². The third kappa shape index (κ3) is 1.57. The van der Waals surface area contributed by atoms with E-state index < -0.39 is 28.6 Å². The molecule has 88 valence electrons. The summed E-state index contributed by atoms with van der Waals surface area (Å²) in [4.78, 5) is 22.6. The molecule has 1 aliphatic rings. The van der Waals surface area contributed by atoms with Gasteiger partial charge in [0.1, 0.15) is 12.1 Å². The Bertz CT molecular complexity index is 387. The molecule has 0 aliphatic heterocycles. The second-order valence-electron chi connectivity index (χ2n) is 4.48. The van der Waals surface area contributed by atoms with Crippen LogP contribution in [0.15, 0.2) is 24.1 Å². The van der Waals surface area contributed by atoms with Gasteiger partial charge >= 0.3 is 0 Å². The van der Waals surface area contributed by atoms with Crippen LogP contribution in [0.2, 0.25) is 0 Å². The van der Waals surface area contributed by atoms with Crippen LogP contribution in [0.4, 0.5) is 4.39 Å². The van der Waals surface area contributed by atoms with Crippen LogP contribution in [0.25, 0.3) is 0 Å².